The number of aromatic nitrogens is 1. The minimum absolute atomic E-state index is 0.00624. The van der Waals surface area contributed by atoms with E-state index in [2.05, 4.69) is 18.8 Å². The number of fused-ring (bicyclic) bond motifs is 3. The van der Waals surface area contributed by atoms with Gasteiger partial charge in [-0.15, -0.1) is 0 Å². The lowest BCUT2D eigenvalue weighted by molar-refractivity contribution is 0.224. The molecule has 2 aromatic heterocycles. The molecule has 2 heteroatoms. The summed E-state index contributed by atoms with van der Waals surface area (Å²) in [6.07, 6.45) is 4.81. The van der Waals surface area contributed by atoms with Gasteiger partial charge in [-0.25, -0.2) is 0 Å². The second-order valence-electron chi connectivity index (χ2n) is 12.7. The molecule has 0 N–H and O–H groups in total. The summed E-state index contributed by atoms with van der Waals surface area (Å²) in [5.41, 5.74) is 5.95. The number of hydrogen-bond donors (Lipinski definition) is 0. The van der Waals surface area contributed by atoms with Crippen LogP contribution < -0.4 is 0 Å². The fourth-order valence-corrected chi connectivity index (χ4v) is 6.50. The topological polar surface area (TPSA) is 26.0 Å². The molecule has 4 aromatic carbocycles. The minimum atomic E-state index is -2.60. The van der Waals surface area contributed by atoms with Crippen molar-refractivity contribution in [3.05, 3.63) is 113 Å². The van der Waals surface area contributed by atoms with Gasteiger partial charge in [-0.1, -0.05) is 74.5 Å². The van der Waals surface area contributed by atoms with E-state index in [1.807, 2.05) is 43.3 Å². The summed E-state index contributed by atoms with van der Waals surface area (Å²) in [5.74, 6) is -0.662. The Kier molecular flexibility index (Phi) is 4.52. The number of pyridine rings is 1. The summed E-state index contributed by atoms with van der Waals surface area (Å²) >= 11 is 0. The van der Waals surface area contributed by atoms with Gasteiger partial charge in [0.2, 0.25) is 0 Å². The maximum absolute atomic E-state index is 9.25. The van der Waals surface area contributed by atoms with Gasteiger partial charge in [-0.3, -0.25) is 4.98 Å². The third kappa shape index (κ3) is 5.07. The van der Waals surface area contributed by atoms with Crippen molar-refractivity contribution in [3.8, 4) is 33.5 Å². The minimum Gasteiger partial charge on any atom is -0.455 e. The van der Waals surface area contributed by atoms with Gasteiger partial charge in [0.05, 0.1) is 5.69 Å². The lowest BCUT2D eigenvalue weighted by atomic mass is 9.71. The highest BCUT2D eigenvalue weighted by Gasteiger charge is 2.27. The molecular weight excluding hydrogens is 522 g/mol. The number of hydrogen-bond acceptors (Lipinski definition) is 2. The maximum atomic E-state index is 9.25. The van der Waals surface area contributed by atoms with E-state index in [4.69, 9.17) is 16.8 Å². The molecule has 0 spiro atoms. The van der Waals surface area contributed by atoms with Crippen molar-refractivity contribution in [3.63, 3.8) is 0 Å². The molecule has 0 saturated heterocycles. The summed E-state index contributed by atoms with van der Waals surface area (Å²) in [4.78, 5) is 4.54. The van der Waals surface area contributed by atoms with E-state index >= 15 is 0 Å². The van der Waals surface area contributed by atoms with Gasteiger partial charge in [0.25, 0.3) is 0 Å². The molecular formula is C41H41NO. The van der Waals surface area contributed by atoms with Crippen molar-refractivity contribution in [2.75, 3.05) is 0 Å². The summed E-state index contributed by atoms with van der Waals surface area (Å²) in [6.45, 7) is -1.02. The van der Waals surface area contributed by atoms with Crippen LogP contribution in [0.15, 0.2) is 89.5 Å². The summed E-state index contributed by atoms with van der Waals surface area (Å²) in [7, 11) is 0. The van der Waals surface area contributed by atoms with E-state index in [0.29, 0.717) is 28.0 Å². The van der Waals surface area contributed by atoms with Crippen LogP contribution in [0.3, 0.4) is 0 Å². The van der Waals surface area contributed by atoms with Crippen molar-refractivity contribution in [1.29, 1.82) is 0 Å². The molecule has 2 heterocycles. The van der Waals surface area contributed by atoms with E-state index in [-0.39, 0.29) is 33.2 Å². The van der Waals surface area contributed by atoms with Gasteiger partial charge >= 0.3 is 0 Å². The second kappa shape index (κ2) is 10.5. The van der Waals surface area contributed by atoms with E-state index in [1.54, 1.807) is 36.4 Å². The quantitative estimate of drug-likeness (QED) is 0.210. The van der Waals surface area contributed by atoms with Crippen LogP contribution in [0.1, 0.15) is 86.9 Å². The average Bonchev–Trinajstić information content (AvgIpc) is 3.46. The predicted molar refractivity (Wildman–Crippen MR) is 182 cm³/mol. The molecule has 1 aliphatic rings. The number of nitrogens with zero attached hydrogens (tertiary/aromatic N) is 1. The lowest BCUT2D eigenvalue weighted by Gasteiger charge is -2.34. The highest BCUT2D eigenvalue weighted by molar-refractivity contribution is 6.09. The molecule has 1 fully saturated rings. The van der Waals surface area contributed by atoms with Crippen LogP contribution in [0.2, 0.25) is 0 Å². The molecule has 0 atom stereocenters. The van der Waals surface area contributed by atoms with Crippen molar-refractivity contribution in [2.45, 2.75) is 72.9 Å². The van der Waals surface area contributed by atoms with Crippen LogP contribution in [0.5, 0.6) is 0 Å². The SMILES string of the molecule is [2H]C([2H])([2H])c1ccc2c(c1)oc1c(-c3cc(-c4ccc(-c5ccc(C6([2H])CCC(C)(C)CC6)cc5C)cc4C([2H])([2H])[2H])c(C([2H])([2H])[2H])cn3)cccc12. The van der Waals surface area contributed by atoms with Crippen molar-refractivity contribution in [1.82, 2.24) is 4.98 Å². The van der Waals surface area contributed by atoms with Gasteiger partial charge in [0.1, 0.15) is 11.2 Å². The van der Waals surface area contributed by atoms with Crippen LogP contribution in [0, 0.1) is 32.9 Å². The van der Waals surface area contributed by atoms with Crippen molar-refractivity contribution < 1.29 is 18.1 Å². The fourth-order valence-electron chi connectivity index (χ4n) is 6.50. The van der Waals surface area contributed by atoms with Crippen LogP contribution >= 0.6 is 0 Å². The molecule has 0 aliphatic heterocycles. The summed E-state index contributed by atoms with van der Waals surface area (Å²) in [5, 5.41) is 1.45. The van der Waals surface area contributed by atoms with Gasteiger partial charge in [0.15, 0.2) is 0 Å². The summed E-state index contributed by atoms with van der Waals surface area (Å²) in [6, 6.07) is 22.9. The number of furan rings is 1. The fraction of sp³-hybridized carbons (Fsp3) is 0.293. The standard InChI is InChI=1S/C41H41NO/c1-25-10-13-34-35-8-7-9-36(40(35)43-39(34)20-25)38-23-37(28(4)24-42-38)33-15-12-31(22-27(33)3)32-14-11-30(21-26(32)2)29-16-18-41(5,6)19-17-29/h7-15,20-24,29H,16-19H2,1-6H3/i1D3,3D3,4D3,29D. The number of para-hydroxylation sites is 1. The van der Waals surface area contributed by atoms with Crippen molar-refractivity contribution >= 4 is 21.9 Å². The average molecular weight is 574 g/mol. The Morgan fingerprint density at radius 2 is 1.60 bits per heavy atom. The van der Waals surface area contributed by atoms with Gasteiger partial charge in [0, 0.05) is 36.2 Å². The third-order valence-electron chi connectivity index (χ3n) is 9.14. The smallest absolute Gasteiger partial charge is 0.144 e. The van der Waals surface area contributed by atoms with Crippen molar-refractivity contribution in [2.24, 2.45) is 5.41 Å². The van der Waals surface area contributed by atoms with Crippen LogP contribution in [-0.2, 0) is 0 Å². The molecule has 0 unspecified atom stereocenters. The van der Waals surface area contributed by atoms with Crippen LogP contribution in [-0.4, -0.2) is 4.98 Å². The monoisotopic (exact) mass is 573 g/mol. The number of rotatable bonds is 4. The second-order valence-corrected chi connectivity index (χ2v) is 12.7. The van der Waals surface area contributed by atoms with Crippen LogP contribution in [0.25, 0.3) is 55.4 Å². The predicted octanol–water partition coefficient (Wildman–Crippen LogP) is 11.9. The molecule has 1 saturated carbocycles. The first-order valence-corrected chi connectivity index (χ1v) is 14.9. The third-order valence-corrected chi connectivity index (χ3v) is 9.14. The van der Waals surface area contributed by atoms with E-state index < -0.39 is 26.4 Å². The molecule has 0 amide bonds. The number of aryl methyl sites for hydroxylation is 4. The first-order chi connectivity index (χ1) is 24.6. The normalized spacial score (nSPS) is 20.4. The molecule has 6 aromatic rings. The molecule has 7 rings (SSSR count). The highest BCUT2D eigenvalue weighted by Crippen LogP contribution is 2.43. The Hall–Kier alpha value is -4.17. The first-order valence-electron chi connectivity index (χ1n) is 19.9. The van der Waals surface area contributed by atoms with E-state index in [1.165, 1.54) is 12.3 Å². The first kappa shape index (κ1) is 18.5. The Balaban J connectivity index is 1.34. The molecule has 0 bridgehead atoms. The van der Waals surface area contributed by atoms with Gasteiger partial charge < -0.3 is 4.42 Å². The molecule has 0 radical (unpaired) electrons. The molecule has 1 aliphatic carbocycles. The summed E-state index contributed by atoms with van der Waals surface area (Å²) < 4.78 is 89.7. The van der Waals surface area contributed by atoms with Gasteiger partial charge in [-0.2, -0.15) is 0 Å². The zero-order valence-corrected chi connectivity index (χ0v) is 24.8. The Morgan fingerprint density at radius 3 is 2.40 bits per heavy atom. The maximum Gasteiger partial charge on any atom is 0.144 e. The Bertz CT molecular complexity index is 2370. The van der Waals surface area contributed by atoms with Crippen LogP contribution in [0.4, 0.5) is 0 Å². The van der Waals surface area contributed by atoms with E-state index in [9.17, 15) is 1.37 Å². The lowest BCUT2D eigenvalue weighted by Crippen LogP contribution is -2.20. The molecule has 43 heavy (non-hydrogen) atoms. The number of benzene rings is 4. The highest BCUT2D eigenvalue weighted by atomic mass is 16.3. The molecule has 2 nitrogen and oxygen atoms in total. The zero-order chi connectivity index (χ0) is 38.3. The largest absolute Gasteiger partial charge is 0.455 e. The van der Waals surface area contributed by atoms with E-state index in [0.717, 1.165) is 53.1 Å². The van der Waals surface area contributed by atoms with Gasteiger partial charge in [-0.05, 0) is 133 Å². The Labute approximate surface area is 269 Å². The Morgan fingerprint density at radius 1 is 0.767 bits per heavy atom. The molecule has 216 valence electrons. The zero-order valence-electron chi connectivity index (χ0n) is 34.8.